The molecule has 1 aliphatic rings. The van der Waals surface area contributed by atoms with Crippen LogP contribution >= 0.6 is 0 Å². The molecule has 1 heterocycles. The SMILES string of the molecule is O=C(CC(c1ccccc1)c1ccccc1)Nc1ccc(N2CCCCCC2)cc1. The fourth-order valence-corrected chi connectivity index (χ4v) is 4.28. The average Bonchev–Trinajstić information content (AvgIpc) is 3.09. The van der Waals surface area contributed by atoms with Gasteiger partial charge in [0.25, 0.3) is 0 Å². The molecule has 0 saturated carbocycles. The predicted molar refractivity (Wildman–Crippen MR) is 125 cm³/mol. The topological polar surface area (TPSA) is 32.3 Å². The maximum atomic E-state index is 12.9. The average molecular weight is 399 g/mol. The number of benzene rings is 3. The Balaban J connectivity index is 1.43. The number of carbonyl (C=O) groups excluding carboxylic acids is 1. The van der Waals surface area contributed by atoms with Crippen molar-refractivity contribution in [3.8, 4) is 0 Å². The van der Waals surface area contributed by atoms with Crippen LogP contribution in [0.25, 0.3) is 0 Å². The van der Waals surface area contributed by atoms with Gasteiger partial charge in [-0.05, 0) is 48.2 Å². The number of carbonyl (C=O) groups is 1. The molecule has 3 heteroatoms. The number of anilines is 2. The lowest BCUT2D eigenvalue weighted by atomic mass is 9.88. The van der Waals surface area contributed by atoms with Gasteiger partial charge in [-0.25, -0.2) is 0 Å². The quantitative estimate of drug-likeness (QED) is 0.534. The second-order valence-electron chi connectivity index (χ2n) is 8.07. The fourth-order valence-electron chi connectivity index (χ4n) is 4.28. The monoisotopic (exact) mass is 398 g/mol. The summed E-state index contributed by atoms with van der Waals surface area (Å²) >= 11 is 0. The molecular weight excluding hydrogens is 368 g/mol. The van der Waals surface area contributed by atoms with E-state index in [9.17, 15) is 4.79 Å². The van der Waals surface area contributed by atoms with Gasteiger partial charge in [-0.15, -0.1) is 0 Å². The zero-order valence-corrected chi connectivity index (χ0v) is 17.5. The van der Waals surface area contributed by atoms with Gasteiger partial charge in [0.2, 0.25) is 5.91 Å². The molecular formula is C27H30N2O. The third-order valence-corrected chi connectivity index (χ3v) is 5.92. The number of hydrogen-bond donors (Lipinski definition) is 1. The second-order valence-corrected chi connectivity index (χ2v) is 8.07. The summed E-state index contributed by atoms with van der Waals surface area (Å²) in [6, 6.07) is 28.9. The summed E-state index contributed by atoms with van der Waals surface area (Å²) in [5.41, 5.74) is 4.44. The van der Waals surface area contributed by atoms with E-state index in [0.29, 0.717) is 6.42 Å². The van der Waals surface area contributed by atoms with E-state index in [4.69, 9.17) is 0 Å². The smallest absolute Gasteiger partial charge is 0.225 e. The molecule has 0 aliphatic carbocycles. The van der Waals surface area contributed by atoms with E-state index < -0.39 is 0 Å². The summed E-state index contributed by atoms with van der Waals surface area (Å²) in [6.45, 7) is 2.25. The second kappa shape index (κ2) is 10.1. The largest absolute Gasteiger partial charge is 0.372 e. The van der Waals surface area contributed by atoms with Crippen LogP contribution < -0.4 is 10.2 Å². The third kappa shape index (κ3) is 5.29. The lowest BCUT2D eigenvalue weighted by molar-refractivity contribution is -0.116. The Labute approximate surface area is 179 Å². The van der Waals surface area contributed by atoms with Crippen LogP contribution in [0.5, 0.6) is 0 Å². The molecule has 0 unspecified atom stereocenters. The molecule has 0 spiro atoms. The Morgan fingerprint density at radius 2 is 1.27 bits per heavy atom. The molecule has 30 heavy (non-hydrogen) atoms. The van der Waals surface area contributed by atoms with Crippen molar-refractivity contribution in [3.63, 3.8) is 0 Å². The lowest BCUT2D eigenvalue weighted by Crippen LogP contribution is -2.23. The molecule has 0 aromatic heterocycles. The minimum absolute atomic E-state index is 0.0372. The van der Waals surface area contributed by atoms with Gasteiger partial charge in [-0.1, -0.05) is 73.5 Å². The van der Waals surface area contributed by atoms with Crippen molar-refractivity contribution in [1.82, 2.24) is 0 Å². The Hall–Kier alpha value is -3.07. The van der Waals surface area contributed by atoms with E-state index in [1.54, 1.807) is 0 Å². The van der Waals surface area contributed by atoms with E-state index >= 15 is 0 Å². The van der Waals surface area contributed by atoms with Crippen molar-refractivity contribution in [2.45, 2.75) is 38.0 Å². The number of nitrogens with zero attached hydrogens (tertiary/aromatic N) is 1. The van der Waals surface area contributed by atoms with Crippen LogP contribution in [0.4, 0.5) is 11.4 Å². The first-order valence-electron chi connectivity index (χ1n) is 11.0. The lowest BCUT2D eigenvalue weighted by Gasteiger charge is -2.23. The first-order chi connectivity index (χ1) is 14.8. The summed E-state index contributed by atoms with van der Waals surface area (Å²) in [5.74, 6) is 0.0824. The minimum Gasteiger partial charge on any atom is -0.372 e. The van der Waals surface area contributed by atoms with Gasteiger partial charge in [0.05, 0.1) is 0 Å². The van der Waals surface area contributed by atoms with E-state index in [2.05, 4.69) is 46.6 Å². The van der Waals surface area contributed by atoms with Crippen LogP contribution in [0.2, 0.25) is 0 Å². The summed E-state index contributed by atoms with van der Waals surface area (Å²) < 4.78 is 0. The number of rotatable bonds is 6. The maximum absolute atomic E-state index is 12.9. The van der Waals surface area contributed by atoms with Crippen molar-refractivity contribution in [1.29, 1.82) is 0 Å². The normalized spacial score (nSPS) is 14.4. The summed E-state index contributed by atoms with van der Waals surface area (Å²) in [7, 11) is 0. The first-order valence-corrected chi connectivity index (χ1v) is 11.0. The molecule has 1 aliphatic heterocycles. The number of nitrogens with one attached hydrogen (secondary N) is 1. The zero-order valence-electron chi connectivity index (χ0n) is 17.5. The van der Waals surface area contributed by atoms with Gasteiger partial charge < -0.3 is 10.2 Å². The van der Waals surface area contributed by atoms with Crippen LogP contribution in [-0.2, 0) is 4.79 Å². The standard InChI is InChI=1S/C27H30N2O/c30-27(21-26(22-11-5-3-6-12-22)23-13-7-4-8-14-23)28-24-15-17-25(18-16-24)29-19-9-1-2-10-20-29/h3-8,11-18,26H,1-2,9-10,19-21H2,(H,28,30). The Kier molecular flexibility index (Phi) is 6.81. The molecule has 154 valence electrons. The Bertz CT molecular complexity index is 875. The molecule has 4 rings (SSSR count). The van der Waals surface area contributed by atoms with Gasteiger partial charge in [0.1, 0.15) is 0 Å². The number of amides is 1. The zero-order chi connectivity index (χ0) is 20.6. The van der Waals surface area contributed by atoms with Crippen molar-refractivity contribution in [2.75, 3.05) is 23.3 Å². The predicted octanol–water partition coefficient (Wildman–Crippen LogP) is 6.23. The molecule has 0 atom stereocenters. The molecule has 1 amide bonds. The van der Waals surface area contributed by atoms with Crippen molar-refractivity contribution in [2.24, 2.45) is 0 Å². The van der Waals surface area contributed by atoms with Crippen LogP contribution in [0.1, 0.15) is 49.1 Å². The Morgan fingerprint density at radius 1 is 0.733 bits per heavy atom. The highest BCUT2D eigenvalue weighted by atomic mass is 16.1. The maximum Gasteiger partial charge on any atom is 0.225 e. The third-order valence-electron chi connectivity index (χ3n) is 5.92. The molecule has 3 aromatic rings. The molecule has 3 nitrogen and oxygen atoms in total. The molecule has 1 fully saturated rings. The minimum atomic E-state index is 0.0372. The summed E-state index contributed by atoms with van der Waals surface area (Å²) in [5, 5.41) is 3.10. The molecule has 0 bridgehead atoms. The van der Waals surface area contributed by atoms with Gasteiger partial charge in [-0.2, -0.15) is 0 Å². The van der Waals surface area contributed by atoms with Crippen molar-refractivity contribution < 1.29 is 4.79 Å². The van der Waals surface area contributed by atoms with Crippen molar-refractivity contribution >= 4 is 17.3 Å². The van der Waals surface area contributed by atoms with Crippen LogP contribution in [0.3, 0.4) is 0 Å². The Morgan fingerprint density at radius 3 is 1.80 bits per heavy atom. The van der Waals surface area contributed by atoms with Crippen LogP contribution in [-0.4, -0.2) is 19.0 Å². The molecule has 1 saturated heterocycles. The van der Waals surface area contributed by atoms with Gasteiger partial charge in [0.15, 0.2) is 0 Å². The molecule has 0 radical (unpaired) electrons. The first kappa shape index (κ1) is 20.2. The molecule has 1 N–H and O–H groups in total. The highest BCUT2D eigenvalue weighted by Gasteiger charge is 2.18. The number of hydrogen-bond acceptors (Lipinski definition) is 2. The highest BCUT2D eigenvalue weighted by Crippen LogP contribution is 2.28. The van der Waals surface area contributed by atoms with E-state index in [1.807, 2.05) is 48.5 Å². The van der Waals surface area contributed by atoms with Crippen molar-refractivity contribution in [3.05, 3.63) is 96.1 Å². The van der Waals surface area contributed by atoms with Crippen LogP contribution in [0, 0.1) is 0 Å². The van der Waals surface area contributed by atoms with Crippen LogP contribution in [0.15, 0.2) is 84.9 Å². The highest BCUT2D eigenvalue weighted by molar-refractivity contribution is 5.91. The summed E-state index contributed by atoms with van der Waals surface area (Å²) in [4.78, 5) is 15.3. The molecule has 3 aromatic carbocycles. The van der Waals surface area contributed by atoms with Gasteiger partial charge >= 0.3 is 0 Å². The van der Waals surface area contributed by atoms with E-state index in [0.717, 1.165) is 29.9 Å². The van der Waals surface area contributed by atoms with Gasteiger partial charge in [-0.3, -0.25) is 4.79 Å². The van der Waals surface area contributed by atoms with E-state index in [1.165, 1.54) is 31.4 Å². The van der Waals surface area contributed by atoms with E-state index in [-0.39, 0.29) is 11.8 Å². The summed E-state index contributed by atoms with van der Waals surface area (Å²) in [6.07, 6.45) is 5.60. The fraction of sp³-hybridized carbons (Fsp3) is 0.296. The van der Waals surface area contributed by atoms with Gasteiger partial charge in [0, 0.05) is 36.8 Å².